The molecule has 0 bridgehead atoms. The third-order valence-electron chi connectivity index (χ3n) is 4.10. The van der Waals surface area contributed by atoms with E-state index in [0.717, 1.165) is 11.1 Å². The van der Waals surface area contributed by atoms with Crippen molar-refractivity contribution in [1.29, 1.82) is 0 Å². The van der Waals surface area contributed by atoms with E-state index in [0.29, 0.717) is 25.7 Å². The van der Waals surface area contributed by atoms with Crippen LogP contribution in [0.15, 0.2) is 68.5 Å². The van der Waals surface area contributed by atoms with Gasteiger partial charge in [-0.15, -0.1) is 23.5 Å². The van der Waals surface area contributed by atoms with Crippen LogP contribution in [0.1, 0.15) is 36.8 Å². The summed E-state index contributed by atoms with van der Waals surface area (Å²) < 4.78 is 0. The maximum Gasteiger partial charge on any atom is 0.240 e. The van der Waals surface area contributed by atoms with Crippen molar-refractivity contribution in [2.45, 2.75) is 35.5 Å². The predicted octanol–water partition coefficient (Wildman–Crippen LogP) is 4.29. The lowest BCUT2D eigenvalue weighted by atomic mass is 10.2. The lowest BCUT2D eigenvalue weighted by Gasteiger charge is -2.01. The molecule has 8 heteroatoms. The molecule has 0 aliphatic heterocycles. The highest BCUT2D eigenvalue weighted by molar-refractivity contribution is 7.98. The lowest BCUT2D eigenvalue weighted by Crippen LogP contribution is -2.19. The zero-order valence-electron chi connectivity index (χ0n) is 17.1. The molecule has 30 heavy (non-hydrogen) atoms. The molecule has 2 rings (SSSR count). The zero-order valence-corrected chi connectivity index (χ0v) is 18.8. The number of benzene rings is 2. The molecular weight excluding hydrogens is 416 g/mol. The second-order valence-corrected chi connectivity index (χ2v) is 8.10. The molecule has 0 unspecified atom stereocenters. The van der Waals surface area contributed by atoms with E-state index in [-0.39, 0.29) is 11.8 Å². The summed E-state index contributed by atoms with van der Waals surface area (Å²) in [6.45, 7) is 0. The number of hydrogen-bond donors (Lipinski definition) is 2. The molecule has 0 saturated heterocycles. The van der Waals surface area contributed by atoms with Crippen LogP contribution < -0.4 is 10.9 Å². The molecule has 0 spiro atoms. The lowest BCUT2D eigenvalue weighted by molar-refractivity contribution is -0.123. The number of hydrazone groups is 2. The second kappa shape index (κ2) is 13.6. The Morgan fingerprint density at radius 3 is 1.43 bits per heavy atom. The average molecular weight is 443 g/mol. The van der Waals surface area contributed by atoms with Crippen molar-refractivity contribution in [3.63, 3.8) is 0 Å². The third kappa shape index (κ3) is 9.28. The molecule has 0 fully saturated rings. The number of nitrogens with zero attached hydrogens (tertiary/aromatic N) is 2. The Balaban J connectivity index is 1.58. The number of carbonyl (C=O) groups excluding carboxylic acids is 2. The first-order valence-corrected chi connectivity index (χ1v) is 12.0. The highest BCUT2D eigenvalue weighted by atomic mass is 32.2. The van der Waals surface area contributed by atoms with Crippen LogP contribution in [0.25, 0.3) is 0 Å². The van der Waals surface area contributed by atoms with Gasteiger partial charge in [-0.1, -0.05) is 24.3 Å². The Labute approximate surface area is 186 Å². The number of nitrogens with one attached hydrogen (secondary N) is 2. The Morgan fingerprint density at radius 1 is 0.733 bits per heavy atom. The van der Waals surface area contributed by atoms with E-state index in [9.17, 15) is 9.59 Å². The standard InChI is InChI=1S/C22H26N4O2S2/c1-29-19-11-7-17(8-12-19)15-23-25-21(27)5-3-4-6-22(28)26-24-16-18-9-13-20(30-2)14-10-18/h7-16H,3-6H2,1-2H3,(H,25,27)(H,26,28). The summed E-state index contributed by atoms with van der Waals surface area (Å²) in [5.41, 5.74) is 6.86. The van der Waals surface area contributed by atoms with Gasteiger partial charge in [0.15, 0.2) is 0 Å². The van der Waals surface area contributed by atoms with E-state index in [4.69, 9.17) is 0 Å². The van der Waals surface area contributed by atoms with Crippen molar-refractivity contribution in [2.24, 2.45) is 10.2 Å². The fraction of sp³-hybridized carbons (Fsp3) is 0.273. The van der Waals surface area contributed by atoms with Gasteiger partial charge in [-0.2, -0.15) is 10.2 Å². The van der Waals surface area contributed by atoms with Crippen LogP contribution >= 0.6 is 23.5 Å². The monoisotopic (exact) mass is 442 g/mol. The number of unbranched alkanes of at least 4 members (excludes halogenated alkanes) is 1. The third-order valence-corrected chi connectivity index (χ3v) is 5.58. The van der Waals surface area contributed by atoms with Gasteiger partial charge in [-0.3, -0.25) is 9.59 Å². The van der Waals surface area contributed by atoms with Gasteiger partial charge in [0.05, 0.1) is 12.4 Å². The number of carbonyl (C=O) groups is 2. The number of rotatable bonds is 11. The summed E-state index contributed by atoms with van der Waals surface area (Å²) in [5, 5.41) is 7.92. The maximum atomic E-state index is 11.8. The van der Waals surface area contributed by atoms with Crippen LogP contribution in [-0.2, 0) is 9.59 Å². The summed E-state index contributed by atoms with van der Waals surface area (Å²) in [7, 11) is 0. The minimum atomic E-state index is -0.167. The maximum absolute atomic E-state index is 11.8. The van der Waals surface area contributed by atoms with Crippen LogP contribution in [0.4, 0.5) is 0 Å². The van der Waals surface area contributed by atoms with E-state index in [1.54, 1.807) is 36.0 Å². The van der Waals surface area contributed by atoms with Crippen LogP contribution in [0, 0.1) is 0 Å². The molecule has 0 heterocycles. The molecule has 2 N–H and O–H groups in total. The minimum absolute atomic E-state index is 0.167. The van der Waals surface area contributed by atoms with Crippen molar-refractivity contribution in [3.05, 3.63) is 59.7 Å². The largest absolute Gasteiger partial charge is 0.273 e. The molecule has 0 aliphatic carbocycles. The second-order valence-electron chi connectivity index (χ2n) is 6.34. The Hall–Kier alpha value is -2.58. The van der Waals surface area contributed by atoms with Crippen molar-refractivity contribution in [3.8, 4) is 0 Å². The average Bonchev–Trinajstić information content (AvgIpc) is 2.77. The first kappa shape index (κ1) is 23.7. The number of hydrogen-bond acceptors (Lipinski definition) is 6. The quantitative estimate of drug-likeness (QED) is 0.235. The Bertz CT molecular complexity index is 792. The molecule has 0 aliphatic rings. The van der Waals surface area contributed by atoms with Gasteiger partial charge in [0.1, 0.15) is 0 Å². The molecule has 0 radical (unpaired) electrons. The van der Waals surface area contributed by atoms with Crippen LogP contribution in [0.3, 0.4) is 0 Å². The molecule has 2 amide bonds. The summed E-state index contributed by atoms with van der Waals surface area (Å²) in [6, 6.07) is 15.8. The van der Waals surface area contributed by atoms with E-state index >= 15 is 0 Å². The molecule has 158 valence electrons. The predicted molar refractivity (Wildman–Crippen MR) is 126 cm³/mol. The van der Waals surface area contributed by atoms with Gasteiger partial charge in [-0.05, 0) is 60.7 Å². The summed E-state index contributed by atoms with van der Waals surface area (Å²) in [6.07, 6.45) is 9.12. The topological polar surface area (TPSA) is 82.9 Å². The smallest absolute Gasteiger partial charge is 0.240 e. The minimum Gasteiger partial charge on any atom is -0.273 e. The number of amides is 2. The highest BCUT2D eigenvalue weighted by Crippen LogP contribution is 2.14. The van der Waals surface area contributed by atoms with Crippen LogP contribution in [0.5, 0.6) is 0 Å². The highest BCUT2D eigenvalue weighted by Gasteiger charge is 2.03. The first-order valence-electron chi connectivity index (χ1n) is 9.52. The van der Waals surface area contributed by atoms with Gasteiger partial charge in [0, 0.05) is 22.6 Å². The summed E-state index contributed by atoms with van der Waals surface area (Å²) in [4.78, 5) is 26.0. The summed E-state index contributed by atoms with van der Waals surface area (Å²) >= 11 is 3.35. The molecule has 0 atom stereocenters. The molecule has 6 nitrogen and oxygen atoms in total. The van der Waals surface area contributed by atoms with E-state index < -0.39 is 0 Å². The van der Waals surface area contributed by atoms with Crippen molar-refractivity contribution < 1.29 is 9.59 Å². The van der Waals surface area contributed by atoms with Gasteiger partial charge in [0.25, 0.3) is 0 Å². The van der Waals surface area contributed by atoms with Crippen LogP contribution in [-0.4, -0.2) is 36.8 Å². The van der Waals surface area contributed by atoms with Gasteiger partial charge in [-0.25, -0.2) is 10.9 Å². The fourth-order valence-electron chi connectivity index (χ4n) is 2.42. The van der Waals surface area contributed by atoms with Gasteiger partial charge < -0.3 is 0 Å². The van der Waals surface area contributed by atoms with Crippen molar-refractivity contribution in [2.75, 3.05) is 12.5 Å². The Morgan fingerprint density at radius 2 is 1.10 bits per heavy atom. The zero-order chi connectivity index (χ0) is 21.6. The molecule has 2 aromatic carbocycles. The van der Waals surface area contributed by atoms with Gasteiger partial charge in [0.2, 0.25) is 11.8 Å². The SMILES string of the molecule is CSc1ccc(C=NNC(=O)CCCCC(=O)NN=Cc2ccc(SC)cc2)cc1. The van der Waals surface area contributed by atoms with Crippen molar-refractivity contribution >= 4 is 47.8 Å². The van der Waals surface area contributed by atoms with E-state index in [1.807, 2.05) is 61.0 Å². The molecule has 0 aromatic heterocycles. The fourth-order valence-corrected chi connectivity index (χ4v) is 3.24. The molecule has 0 saturated carbocycles. The normalized spacial score (nSPS) is 11.1. The van der Waals surface area contributed by atoms with Gasteiger partial charge >= 0.3 is 0 Å². The number of thioether (sulfide) groups is 2. The van der Waals surface area contributed by atoms with E-state index in [2.05, 4.69) is 21.1 Å². The van der Waals surface area contributed by atoms with Crippen molar-refractivity contribution in [1.82, 2.24) is 10.9 Å². The van der Waals surface area contributed by atoms with E-state index in [1.165, 1.54) is 9.79 Å². The Kier molecular flexibility index (Phi) is 10.7. The first-order chi connectivity index (χ1) is 14.6. The van der Waals surface area contributed by atoms with Crippen LogP contribution in [0.2, 0.25) is 0 Å². The molecule has 2 aromatic rings. The summed E-state index contributed by atoms with van der Waals surface area (Å²) in [5.74, 6) is -0.335. The molecular formula is C22H26N4O2S2.